The van der Waals surface area contributed by atoms with Crippen LogP contribution >= 0.6 is 0 Å². The normalized spacial score (nSPS) is 44.2. The minimum absolute atomic E-state index is 0.328. The van der Waals surface area contributed by atoms with E-state index in [0.717, 1.165) is 11.8 Å². The molecule has 4 saturated carbocycles. The molecule has 4 bridgehead atoms. The van der Waals surface area contributed by atoms with Crippen molar-refractivity contribution in [2.24, 2.45) is 29.6 Å². The Morgan fingerprint density at radius 1 is 1.06 bits per heavy atom. The number of hydrogen-bond acceptors (Lipinski definition) is 2. The van der Waals surface area contributed by atoms with Crippen molar-refractivity contribution in [3.05, 3.63) is 0 Å². The number of hydrogen-bond donors (Lipinski definition) is 1. The van der Waals surface area contributed by atoms with Crippen LogP contribution in [0.2, 0.25) is 0 Å². The van der Waals surface area contributed by atoms with E-state index in [1.165, 1.54) is 32.1 Å². The first-order valence-electron chi connectivity index (χ1n) is 7.00. The van der Waals surface area contributed by atoms with Crippen LogP contribution in [-0.2, 0) is 10.1 Å². The first-order valence-corrected chi connectivity index (χ1v) is 8.61. The maximum atomic E-state index is 13.8. The van der Waals surface area contributed by atoms with E-state index in [0.29, 0.717) is 24.2 Å². The third-order valence-electron chi connectivity index (χ3n) is 5.34. The molecule has 4 aliphatic rings. The molecule has 18 heavy (non-hydrogen) atoms. The van der Waals surface area contributed by atoms with Gasteiger partial charge >= 0.3 is 0 Å². The molecular formula is C13H21FO3S. The Hall–Kier alpha value is -0.160. The molecule has 4 rings (SSSR count). The van der Waals surface area contributed by atoms with Gasteiger partial charge in [-0.05, 0) is 68.1 Å². The number of halogens is 1. The van der Waals surface area contributed by atoms with Gasteiger partial charge in [0.2, 0.25) is 0 Å². The Kier molecular flexibility index (Phi) is 3.17. The molecule has 104 valence electrons. The van der Waals surface area contributed by atoms with Crippen molar-refractivity contribution >= 4 is 10.1 Å². The van der Waals surface area contributed by atoms with Crippen LogP contribution in [-0.4, -0.2) is 24.9 Å². The van der Waals surface area contributed by atoms with E-state index in [2.05, 4.69) is 0 Å². The molecule has 0 aromatic rings. The molecule has 0 aliphatic heterocycles. The van der Waals surface area contributed by atoms with Gasteiger partial charge in [-0.3, -0.25) is 4.55 Å². The Balaban J connectivity index is 1.63. The number of rotatable bonds is 4. The summed E-state index contributed by atoms with van der Waals surface area (Å²) in [6.45, 7) is 0. The molecule has 0 spiro atoms. The molecular weight excluding hydrogens is 255 g/mol. The fourth-order valence-electron chi connectivity index (χ4n) is 5.01. The van der Waals surface area contributed by atoms with Gasteiger partial charge in [-0.15, -0.1) is 0 Å². The van der Waals surface area contributed by atoms with Crippen LogP contribution in [0.15, 0.2) is 0 Å². The van der Waals surface area contributed by atoms with Crippen LogP contribution in [0.3, 0.4) is 0 Å². The van der Waals surface area contributed by atoms with Gasteiger partial charge in [-0.1, -0.05) is 0 Å². The van der Waals surface area contributed by atoms with E-state index in [4.69, 9.17) is 4.55 Å². The second-order valence-corrected chi connectivity index (χ2v) is 8.17. The maximum Gasteiger partial charge on any atom is 0.267 e. The molecule has 0 heterocycles. The summed E-state index contributed by atoms with van der Waals surface area (Å²) in [5.41, 5.74) is 0. The highest BCUT2D eigenvalue weighted by Crippen LogP contribution is 2.57. The van der Waals surface area contributed by atoms with E-state index in [9.17, 15) is 12.8 Å². The van der Waals surface area contributed by atoms with Crippen LogP contribution in [0, 0.1) is 29.6 Å². The minimum Gasteiger partial charge on any atom is -0.285 e. The van der Waals surface area contributed by atoms with Crippen LogP contribution in [0.1, 0.15) is 38.5 Å². The lowest BCUT2D eigenvalue weighted by molar-refractivity contribution is -0.0465. The van der Waals surface area contributed by atoms with Gasteiger partial charge in [0.25, 0.3) is 10.1 Å². The summed E-state index contributed by atoms with van der Waals surface area (Å²) < 4.78 is 43.9. The Morgan fingerprint density at radius 2 is 1.56 bits per heavy atom. The monoisotopic (exact) mass is 276 g/mol. The molecule has 0 radical (unpaired) electrons. The van der Waals surface area contributed by atoms with Crippen LogP contribution in [0.5, 0.6) is 0 Å². The largest absolute Gasteiger partial charge is 0.285 e. The molecule has 1 N–H and O–H groups in total. The SMILES string of the molecule is O=S(=O)(O)CC(F)CC1C2CC3CC(C2)CC1C3. The van der Waals surface area contributed by atoms with E-state index in [-0.39, 0.29) is 0 Å². The Bertz CT molecular complexity index is 392. The highest BCUT2D eigenvalue weighted by atomic mass is 32.2. The van der Waals surface area contributed by atoms with E-state index >= 15 is 0 Å². The quantitative estimate of drug-likeness (QED) is 0.803. The Morgan fingerprint density at radius 3 is 2.00 bits per heavy atom. The predicted molar refractivity (Wildman–Crippen MR) is 66.5 cm³/mol. The lowest BCUT2D eigenvalue weighted by atomic mass is 9.51. The van der Waals surface area contributed by atoms with Crippen molar-refractivity contribution in [3.63, 3.8) is 0 Å². The van der Waals surface area contributed by atoms with Crippen molar-refractivity contribution < 1.29 is 17.4 Å². The maximum absolute atomic E-state index is 13.8. The summed E-state index contributed by atoms with van der Waals surface area (Å²) >= 11 is 0. The predicted octanol–water partition coefficient (Wildman–Crippen LogP) is 2.67. The summed E-state index contributed by atoms with van der Waals surface area (Å²) in [5, 5.41) is 0. The molecule has 5 heteroatoms. The van der Waals surface area contributed by atoms with Crippen molar-refractivity contribution in [3.8, 4) is 0 Å². The molecule has 4 aliphatic carbocycles. The highest BCUT2D eigenvalue weighted by Gasteiger charge is 2.48. The average molecular weight is 276 g/mol. The van der Waals surface area contributed by atoms with Gasteiger partial charge in [0.15, 0.2) is 0 Å². The second kappa shape index (κ2) is 4.44. The fourth-order valence-corrected chi connectivity index (χ4v) is 5.61. The van der Waals surface area contributed by atoms with Crippen molar-refractivity contribution in [1.82, 2.24) is 0 Å². The molecule has 0 aromatic heterocycles. The molecule has 4 fully saturated rings. The summed E-state index contributed by atoms with van der Waals surface area (Å²) in [6, 6.07) is 0. The lowest BCUT2D eigenvalue weighted by Crippen LogP contribution is -2.46. The van der Waals surface area contributed by atoms with Gasteiger partial charge < -0.3 is 0 Å². The third kappa shape index (κ3) is 2.57. The summed E-state index contributed by atoms with van der Waals surface area (Å²) in [4.78, 5) is 0. The third-order valence-corrected chi connectivity index (χ3v) is 6.12. The van der Waals surface area contributed by atoms with Crippen LogP contribution in [0.25, 0.3) is 0 Å². The number of alkyl halides is 1. The van der Waals surface area contributed by atoms with Crippen LogP contribution < -0.4 is 0 Å². The second-order valence-electron chi connectivity index (χ2n) is 6.68. The van der Waals surface area contributed by atoms with Crippen molar-refractivity contribution in [2.45, 2.75) is 44.7 Å². The highest BCUT2D eigenvalue weighted by molar-refractivity contribution is 7.85. The lowest BCUT2D eigenvalue weighted by Gasteiger charge is -2.54. The van der Waals surface area contributed by atoms with E-state index in [1.54, 1.807) is 0 Å². The summed E-state index contributed by atoms with van der Waals surface area (Å²) in [7, 11) is -4.17. The zero-order valence-electron chi connectivity index (χ0n) is 10.5. The first-order chi connectivity index (χ1) is 8.40. The van der Waals surface area contributed by atoms with E-state index < -0.39 is 22.0 Å². The van der Waals surface area contributed by atoms with Gasteiger partial charge in [0, 0.05) is 0 Å². The average Bonchev–Trinajstić information content (AvgIpc) is 2.19. The first kappa shape index (κ1) is 12.9. The van der Waals surface area contributed by atoms with Crippen molar-refractivity contribution in [2.75, 3.05) is 5.75 Å². The smallest absolute Gasteiger partial charge is 0.267 e. The zero-order chi connectivity index (χ0) is 12.9. The van der Waals surface area contributed by atoms with Crippen molar-refractivity contribution in [1.29, 1.82) is 0 Å². The van der Waals surface area contributed by atoms with Gasteiger partial charge in [-0.25, -0.2) is 4.39 Å². The molecule has 1 atom stereocenters. The van der Waals surface area contributed by atoms with E-state index in [1.807, 2.05) is 0 Å². The summed E-state index contributed by atoms with van der Waals surface area (Å²) in [5.74, 6) is 2.55. The summed E-state index contributed by atoms with van der Waals surface area (Å²) in [6.07, 6.45) is 5.17. The zero-order valence-corrected chi connectivity index (χ0v) is 11.3. The van der Waals surface area contributed by atoms with Gasteiger partial charge in [0.05, 0.1) is 0 Å². The molecule has 0 aromatic carbocycles. The standard InChI is InChI=1S/C13H21FO3S/c14-12(7-18(15,16)17)6-13-10-2-8-1-9(4-10)5-11(13)3-8/h8-13H,1-7H2,(H,15,16,17). The van der Waals surface area contributed by atoms with Crippen LogP contribution in [0.4, 0.5) is 4.39 Å². The fraction of sp³-hybridized carbons (Fsp3) is 1.00. The Labute approximate surface area is 108 Å². The van der Waals surface area contributed by atoms with Gasteiger partial charge in [-0.2, -0.15) is 8.42 Å². The van der Waals surface area contributed by atoms with Gasteiger partial charge in [0.1, 0.15) is 11.9 Å². The minimum atomic E-state index is -4.17. The molecule has 0 saturated heterocycles. The molecule has 3 nitrogen and oxygen atoms in total. The molecule has 0 amide bonds. The molecule has 1 unspecified atom stereocenters. The topological polar surface area (TPSA) is 54.4 Å².